The normalized spacial score (nSPS) is 10.2. The standard InChI is InChI=1S/C10H13NO/c1-3-8-11-9-4-6-10(12-2)7-5-9/h3-8,11H,1-2H3/b8-3-. The van der Waals surface area contributed by atoms with Gasteiger partial charge in [0.2, 0.25) is 0 Å². The number of benzene rings is 1. The lowest BCUT2D eigenvalue weighted by Gasteiger charge is -2.01. The Morgan fingerprint density at radius 3 is 2.42 bits per heavy atom. The molecule has 0 amide bonds. The molecule has 1 aromatic rings. The molecular weight excluding hydrogens is 150 g/mol. The first-order valence-corrected chi connectivity index (χ1v) is 3.88. The van der Waals surface area contributed by atoms with E-state index in [1.807, 2.05) is 43.5 Å². The van der Waals surface area contributed by atoms with Crippen molar-refractivity contribution in [2.75, 3.05) is 12.4 Å². The Bertz CT molecular complexity index is 251. The monoisotopic (exact) mass is 163 g/mol. The Hall–Kier alpha value is -1.44. The average molecular weight is 163 g/mol. The Morgan fingerprint density at radius 1 is 1.25 bits per heavy atom. The lowest BCUT2D eigenvalue weighted by atomic mass is 10.3. The molecule has 0 bridgehead atoms. The van der Waals surface area contributed by atoms with Crippen LogP contribution in [0.3, 0.4) is 0 Å². The topological polar surface area (TPSA) is 21.3 Å². The summed E-state index contributed by atoms with van der Waals surface area (Å²) in [6, 6.07) is 7.79. The fraction of sp³-hybridized carbons (Fsp3) is 0.200. The van der Waals surface area contributed by atoms with Crippen LogP contribution in [0.2, 0.25) is 0 Å². The van der Waals surface area contributed by atoms with Crippen molar-refractivity contribution in [2.45, 2.75) is 6.92 Å². The second-order valence-corrected chi connectivity index (χ2v) is 2.37. The highest BCUT2D eigenvalue weighted by molar-refractivity contribution is 5.48. The number of rotatable bonds is 3. The van der Waals surface area contributed by atoms with E-state index in [2.05, 4.69) is 5.32 Å². The van der Waals surface area contributed by atoms with Crippen molar-refractivity contribution in [3.05, 3.63) is 36.5 Å². The molecule has 0 unspecified atom stereocenters. The molecular formula is C10H13NO. The van der Waals surface area contributed by atoms with Crippen LogP contribution in [0.5, 0.6) is 5.75 Å². The summed E-state index contributed by atoms with van der Waals surface area (Å²) in [4.78, 5) is 0. The minimum atomic E-state index is 0.876. The third kappa shape index (κ3) is 2.31. The third-order valence-electron chi connectivity index (χ3n) is 1.51. The minimum Gasteiger partial charge on any atom is -0.497 e. The fourth-order valence-corrected chi connectivity index (χ4v) is 0.867. The Labute approximate surface area is 72.9 Å². The van der Waals surface area contributed by atoms with Crippen molar-refractivity contribution in [1.29, 1.82) is 0 Å². The first-order valence-electron chi connectivity index (χ1n) is 3.88. The summed E-state index contributed by atoms with van der Waals surface area (Å²) >= 11 is 0. The quantitative estimate of drug-likeness (QED) is 0.739. The number of hydrogen-bond donors (Lipinski definition) is 1. The Morgan fingerprint density at radius 2 is 1.92 bits per heavy atom. The van der Waals surface area contributed by atoms with Crippen molar-refractivity contribution >= 4 is 5.69 Å². The highest BCUT2D eigenvalue weighted by Crippen LogP contribution is 2.14. The van der Waals surface area contributed by atoms with Gasteiger partial charge in [-0.25, -0.2) is 0 Å². The van der Waals surface area contributed by atoms with Gasteiger partial charge >= 0.3 is 0 Å². The van der Waals surface area contributed by atoms with Crippen LogP contribution >= 0.6 is 0 Å². The molecule has 0 radical (unpaired) electrons. The third-order valence-corrected chi connectivity index (χ3v) is 1.51. The van der Waals surface area contributed by atoms with E-state index in [0.717, 1.165) is 11.4 Å². The van der Waals surface area contributed by atoms with Gasteiger partial charge in [0, 0.05) is 5.69 Å². The molecule has 0 saturated carbocycles. The zero-order chi connectivity index (χ0) is 8.81. The molecule has 0 fully saturated rings. The second-order valence-electron chi connectivity index (χ2n) is 2.37. The predicted octanol–water partition coefficient (Wildman–Crippen LogP) is 2.64. The molecule has 64 valence electrons. The van der Waals surface area contributed by atoms with E-state index in [1.165, 1.54) is 0 Å². The molecule has 0 atom stereocenters. The average Bonchev–Trinajstić information content (AvgIpc) is 2.15. The highest BCUT2D eigenvalue weighted by Gasteiger charge is 1.89. The molecule has 0 aromatic heterocycles. The van der Waals surface area contributed by atoms with Gasteiger partial charge in [-0.3, -0.25) is 0 Å². The summed E-state index contributed by atoms with van der Waals surface area (Å²) in [7, 11) is 1.66. The number of allylic oxidation sites excluding steroid dienone is 1. The lowest BCUT2D eigenvalue weighted by molar-refractivity contribution is 0.415. The van der Waals surface area contributed by atoms with E-state index in [0.29, 0.717) is 0 Å². The number of anilines is 1. The zero-order valence-electron chi connectivity index (χ0n) is 7.37. The van der Waals surface area contributed by atoms with Crippen LogP contribution in [0.15, 0.2) is 36.5 Å². The summed E-state index contributed by atoms with van der Waals surface area (Å²) in [5.74, 6) is 0.876. The molecule has 2 heteroatoms. The summed E-state index contributed by atoms with van der Waals surface area (Å²) < 4.78 is 5.03. The van der Waals surface area contributed by atoms with Gasteiger partial charge in [0.05, 0.1) is 7.11 Å². The van der Waals surface area contributed by atoms with E-state index >= 15 is 0 Å². The Kier molecular flexibility index (Phi) is 3.20. The summed E-state index contributed by atoms with van der Waals surface area (Å²) in [6.07, 6.45) is 3.84. The van der Waals surface area contributed by atoms with E-state index in [9.17, 15) is 0 Å². The van der Waals surface area contributed by atoms with E-state index < -0.39 is 0 Å². The summed E-state index contributed by atoms with van der Waals surface area (Å²) in [6.45, 7) is 1.97. The number of methoxy groups -OCH3 is 1. The first-order chi connectivity index (χ1) is 5.86. The van der Waals surface area contributed by atoms with E-state index in [-0.39, 0.29) is 0 Å². The number of nitrogens with one attached hydrogen (secondary N) is 1. The van der Waals surface area contributed by atoms with Crippen molar-refractivity contribution in [3.8, 4) is 5.75 Å². The molecule has 0 aliphatic heterocycles. The maximum Gasteiger partial charge on any atom is 0.119 e. The molecule has 0 heterocycles. The van der Waals surface area contributed by atoms with E-state index in [4.69, 9.17) is 4.74 Å². The summed E-state index contributed by atoms with van der Waals surface area (Å²) in [5.41, 5.74) is 1.06. The maximum absolute atomic E-state index is 5.03. The van der Waals surface area contributed by atoms with Gasteiger partial charge in [0.15, 0.2) is 0 Å². The van der Waals surface area contributed by atoms with Gasteiger partial charge in [-0.15, -0.1) is 0 Å². The Balaban J connectivity index is 2.64. The van der Waals surface area contributed by atoms with Crippen LogP contribution in [0.4, 0.5) is 5.69 Å². The van der Waals surface area contributed by atoms with Crippen molar-refractivity contribution in [3.63, 3.8) is 0 Å². The van der Waals surface area contributed by atoms with Crippen LogP contribution in [0.25, 0.3) is 0 Å². The molecule has 1 N–H and O–H groups in total. The molecule has 12 heavy (non-hydrogen) atoms. The number of ether oxygens (including phenoxy) is 1. The lowest BCUT2D eigenvalue weighted by Crippen LogP contribution is -1.87. The molecule has 0 saturated heterocycles. The van der Waals surface area contributed by atoms with Crippen LogP contribution in [-0.2, 0) is 0 Å². The fourth-order valence-electron chi connectivity index (χ4n) is 0.867. The highest BCUT2D eigenvalue weighted by atomic mass is 16.5. The van der Waals surface area contributed by atoms with Gasteiger partial charge in [-0.05, 0) is 37.4 Å². The molecule has 1 rings (SSSR count). The largest absolute Gasteiger partial charge is 0.497 e. The minimum absolute atomic E-state index is 0.876. The van der Waals surface area contributed by atoms with Gasteiger partial charge in [-0.1, -0.05) is 6.08 Å². The number of hydrogen-bond acceptors (Lipinski definition) is 2. The van der Waals surface area contributed by atoms with Gasteiger partial charge in [0.25, 0.3) is 0 Å². The molecule has 0 aliphatic carbocycles. The van der Waals surface area contributed by atoms with Crippen LogP contribution in [-0.4, -0.2) is 7.11 Å². The van der Waals surface area contributed by atoms with Crippen molar-refractivity contribution in [1.82, 2.24) is 0 Å². The predicted molar refractivity (Wildman–Crippen MR) is 51.4 cm³/mol. The van der Waals surface area contributed by atoms with Crippen LogP contribution in [0, 0.1) is 0 Å². The zero-order valence-corrected chi connectivity index (χ0v) is 7.37. The van der Waals surface area contributed by atoms with Gasteiger partial charge in [-0.2, -0.15) is 0 Å². The summed E-state index contributed by atoms with van der Waals surface area (Å²) in [5, 5.41) is 3.11. The SMILES string of the molecule is C/C=C\Nc1ccc(OC)cc1. The van der Waals surface area contributed by atoms with Gasteiger partial charge in [0.1, 0.15) is 5.75 Å². The smallest absolute Gasteiger partial charge is 0.119 e. The molecule has 2 nitrogen and oxygen atoms in total. The molecule has 0 spiro atoms. The van der Waals surface area contributed by atoms with Crippen molar-refractivity contribution < 1.29 is 4.74 Å². The van der Waals surface area contributed by atoms with Crippen LogP contribution in [0.1, 0.15) is 6.92 Å². The molecule has 0 aliphatic rings. The second kappa shape index (κ2) is 4.44. The van der Waals surface area contributed by atoms with Gasteiger partial charge < -0.3 is 10.1 Å². The van der Waals surface area contributed by atoms with E-state index in [1.54, 1.807) is 7.11 Å². The van der Waals surface area contributed by atoms with Crippen molar-refractivity contribution in [2.24, 2.45) is 0 Å². The van der Waals surface area contributed by atoms with Crippen LogP contribution < -0.4 is 10.1 Å². The maximum atomic E-state index is 5.03. The molecule has 1 aromatic carbocycles. The first kappa shape index (κ1) is 8.65.